The van der Waals surface area contributed by atoms with Crippen molar-refractivity contribution in [2.45, 2.75) is 11.3 Å². The number of aromatic nitrogens is 2. The van der Waals surface area contributed by atoms with Gasteiger partial charge in [0.2, 0.25) is 10.0 Å². The molecule has 1 heterocycles. The second kappa shape index (κ2) is 7.35. The van der Waals surface area contributed by atoms with Gasteiger partial charge in [0.1, 0.15) is 0 Å². The molecule has 0 bridgehead atoms. The number of halogens is 1. The zero-order valence-electron chi connectivity index (χ0n) is 13.5. The van der Waals surface area contributed by atoms with E-state index >= 15 is 0 Å². The van der Waals surface area contributed by atoms with Crippen molar-refractivity contribution in [3.05, 3.63) is 65.4 Å². The molecule has 3 rings (SSSR count). The monoisotopic (exact) mass is 377 g/mol. The van der Waals surface area contributed by atoms with Gasteiger partial charge in [0, 0.05) is 20.0 Å². The molecule has 0 radical (unpaired) electrons. The van der Waals surface area contributed by atoms with E-state index in [0.29, 0.717) is 28.7 Å². The van der Waals surface area contributed by atoms with Crippen LogP contribution in [0, 0.1) is 0 Å². The molecule has 1 aromatic heterocycles. The Morgan fingerprint density at radius 1 is 1.08 bits per heavy atom. The van der Waals surface area contributed by atoms with Crippen LogP contribution in [0.15, 0.2) is 64.0 Å². The summed E-state index contributed by atoms with van der Waals surface area (Å²) in [6, 6.07) is 15.4. The standard InChI is InChI=1S/C17H16ClN3O3S/c1-21(25(22,23)13-7-3-2-4-8-13)12-11-16-19-17(24-20-16)14-9-5-6-10-15(14)18/h2-10H,11-12H2,1H3. The van der Waals surface area contributed by atoms with E-state index in [9.17, 15) is 8.42 Å². The fourth-order valence-electron chi connectivity index (χ4n) is 2.25. The molecule has 0 saturated heterocycles. The second-order valence-electron chi connectivity index (χ2n) is 5.39. The van der Waals surface area contributed by atoms with Gasteiger partial charge in [0.05, 0.1) is 15.5 Å². The molecule has 0 unspecified atom stereocenters. The zero-order valence-corrected chi connectivity index (χ0v) is 15.0. The maximum absolute atomic E-state index is 12.5. The van der Waals surface area contributed by atoms with Crippen molar-refractivity contribution >= 4 is 21.6 Å². The van der Waals surface area contributed by atoms with Gasteiger partial charge in [-0.3, -0.25) is 0 Å². The SMILES string of the molecule is CN(CCc1noc(-c2ccccc2Cl)n1)S(=O)(=O)c1ccccc1. The molecule has 3 aromatic rings. The van der Waals surface area contributed by atoms with E-state index in [2.05, 4.69) is 10.1 Å². The van der Waals surface area contributed by atoms with Crippen LogP contribution in [0.3, 0.4) is 0 Å². The smallest absolute Gasteiger partial charge is 0.259 e. The quantitative estimate of drug-likeness (QED) is 0.659. The Morgan fingerprint density at radius 2 is 1.76 bits per heavy atom. The van der Waals surface area contributed by atoms with Gasteiger partial charge in [-0.25, -0.2) is 12.7 Å². The van der Waals surface area contributed by atoms with E-state index in [-0.39, 0.29) is 11.4 Å². The summed E-state index contributed by atoms with van der Waals surface area (Å²) in [4.78, 5) is 4.54. The van der Waals surface area contributed by atoms with Gasteiger partial charge < -0.3 is 4.52 Å². The van der Waals surface area contributed by atoms with E-state index in [4.69, 9.17) is 16.1 Å². The highest BCUT2D eigenvalue weighted by atomic mass is 35.5. The molecule has 2 aromatic carbocycles. The summed E-state index contributed by atoms with van der Waals surface area (Å²) in [6.07, 6.45) is 0.330. The summed E-state index contributed by atoms with van der Waals surface area (Å²) < 4.78 is 31.4. The van der Waals surface area contributed by atoms with Gasteiger partial charge in [-0.05, 0) is 24.3 Å². The molecule has 0 atom stereocenters. The molecule has 0 N–H and O–H groups in total. The minimum atomic E-state index is -3.54. The molecule has 0 saturated carbocycles. The highest BCUT2D eigenvalue weighted by molar-refractivity contribution is 7.89. The molecule has 0 fully saturated rings. The highest BCUT2D eigenvalue weighted by Crippen LogP contribution is 2.26. The van der Waals surface area contributed by atoms with Crippen LogP contribution in [0.4, 0.5) is 0 Å². The first kappa shape index (κ1) is 17.6. The Bertz CT molecular complexity index is 958. The summed E-state index contributed by atoms with van der Waals surface area (Å²) in [5, 5.41) is 4.41. The van der Waals surface area contributed by atoms with Crippen molar-refractivity contribution in [3.8, 4) is 11.5 Å². The normalized spacial score (nSPS) is 11.8. The van der Waals surface area contributed by atoms with Gasteiger partial charge in [-0.15, -0.1) is 0 Å². The Morgan fingerprint density at radius 3 is 2.48 bits per heavy atom. The molecular weight excluding hydrogens is 362 g/mol. The number of hydrogen-bond donors (Lipinski definition) is 0. The lowest BCUT2D eigenvalue weighted by molar-refractivity contribution is 0.415. The van der Waals surface area contributed by atoms with Crippen LogP contribution < -0.4 is 0 Å². The van der Waals surface area contributed by atoms with Crippen molar-refractivity contribution in [2.24, 2.45) is 0 Å². The summed E-state index contributed by atoms with van der Waals surface area (Å²) >= 11 is 6.11. The van der Waals surface area contributed by atoms with Crippen LogP contribution >= 0.6 is 11.6 Å². The van der Waals surface area contributed by atoms with E-state index in [1.165, 1.54) is 11.4 Å². The van der Waals surface area contributed by atoms with Gasteiger partial charge in [0.15, 0.2) is 5.82 Å². The first-order valence-corrected chi connectivity index (χ1v) is 9.39. The number of sulfonamides is 1. The number of rotatable bonds is 6. The zero-order chi connectivity index (χ0) is 17.9. The van der Waals surface area contributed by atoms with Crippen molar-refractivity contribution in [3.63, 3.8) is 0 Å². The molecule has 0 aliphatic rings. The molecule has 0 aliphatic heterocycles. The van der Waals surface area contributed by atoms with Crippen molar-refractivity contribution < 1.29 is 12.9 Å². The molecule has 0 aliphatic carbocycles. The van der Waals surface area contributed by atoms with Gasteiger partial charge in [-0.2, -0.15) is 4.98 Å². The molecular formula is C17H16ClN3O3S. The first-order chi connectivity index (χ1) is 12.0. The third-order valence-corrected chi connectivity index (χ3v) is 5.87. The van der Waals surface area contributed by atoms with Crippen LogP contribution in [0.5, 0.6) is 0 Å². The number of likely N-dealkylation sites (N-methyl/N-ethyl adjacent to an activating group) is 1. The van der Waals surface area contributed by atoms with Gasteiger partial charge >= 0.3 is 0 Å². The predicted molar refractivity (Wildman–Crippen MR) is 94.7 cm³/mol. The lowest BCUT2D eigenvalue weighted by Crippen LogP contribution is -2.29. The van der Waals surface area contributed by atoms with E-state index in [1.807, 2.05) is 12.1 Å². The van der Waals surface area contributed by atoms with Crippen molar-refractivity contribution in [1.82, 2.24) is 14.4 Å². The average molecular weight is 378 g/mol. The lowest BCUT2D eigenvalue weighted by atomic mass is 10.2. The topological polar surface area (TPSA) is 76.3 Å². The van der Waals surface area contributed by atoms with Gasteiger partial charge in [-0.1, -0.05) is 47.1 Å². The maximum Gasteiger partial charge on any atom is 0.259 e. The molecule has 25 heavy (non-hydrogen) atoms. The summed E-state index contributed by atoms with van der Waals surface area (Å²) in [5.41, 5.74) is 0.646. The fraction of sp³-hybridized carbons (Fsp3) is 0.176. The number of benzene rings is 2. The minimum absolute atomic E-state index is 0.235. The molecule has 130 valence electrons. The van der Waals surface area contributed by atoms with Crippen molar-refractivity contribution in [2.75, 3.05) is 13.6 Å². The van der Waals surface area contributed by atoms with E-state index in [1.54, 1.807) is 42.5 Å². The largest absolute Gasteiger partial charge is 0.334 e. The van der Waals surface area contributed by atoms with Crippen LogP contribution in [0.2, 0.25) is 5.02 Å². The Kier molecular flexibility index (Phi) is 5.17. The Labute approximate surface area is 151 Å². The maximum atomic E-state index is 12.5. The fourth-order valence-corrected chi connectivity index (χ4v) is 3.66. The average Bonchev–Trinajstić information content (AvgIpc) is 3.09. The minimum Gasteiger partial charge on any atom is -0.334 e. The van der Waals surface area contributed by atoms with Crippen LogP contribution in [-0.4, -0.2) is 36.5 Å². The Balaban J connectivity index is 1.69. The van der Waals surface area contributed by atoms with E-state index in [0.717, 1.165) is 0 Å². The number of hydrogen-bond acceptors (Lipinski definition) is 5. The number of nitrogens with zero attached hydrogens (tertiary/aromatic N) is 3. The Hall–Kier alpha value is -2.22. The predicted octanol–water partition coefficient (Wildman–Crippen LogP) is 3.25. The summed E-state index contributed by atoms with van der Waals surface area (Å²) in [5.74, 6) is 0.735. The summed E-state index contributed by atoms with van der Waals surface area (Å²) in [6.45, 7) is 0.235. The van der Waals surface area contributed by atoms with E-state index < -0.39 is 10.0 Å². The molecule has 0 spiro atoms. The molecule has 6 nitrogen and oxygen atoms in total. The molecule has 0 amide bonds. The first-order valence-electron chi connectivity index (χ1n) is 7.57. The third-order valence-electron chi connectivity index (χ3n) is 3.67. The highest BCUT2D eigenvalue weighted by Gasteiger charge is 2.21. The van der Waals surface area contributed by atoms with Crippen molar-refractivity contribution in [1.29, 1.82) is 0 Å². The summed E-state index contributed by atoms with van der Waals surface area (Å²) in [7, 11) is -2.01. The van der Waals surface area contributed by atoms with Crippen LogP contribution in [0.25, 0.3) is 11.5 Å². The molecule has 8 heteroatoms. The van der Waals surface area contributed by atoms with Crippen LogP contribution in [0.1, 0.15) is 5.82 Å². The lowest BCUT2D eigenvalue weighted by Gasteiger charge is -2.16. The van der Waals surface area contributed by atoms with Gasteiger partial charge in [0.25, 0.3) is 5.89 Å². The van der Waals surface area contributed by atoms with Crippen LogP contribution in [-0.2, 0) is 16.4 Å². The third kappa shape index (κ3) is 3.89. The second-order valence-corrected chi connectivity index (χ2v) is 7.84.